The first-order valence-electron chi connectivity index (χ1n) is 6.98. The number of aliphatic hydroxyl groups excluding tert-OH is 1. The van der Waals surface area contributed by atoms with Crippen LogP contribution in [0.25, 0.3) is 0 Å². The quantitative estimate of drug-likeness (QED) is 0.834. The van der Waals surface area contributed by atoms with E-state index >= 15 is 0 Å². The summed E-state index contributed by atoms with van der Waals surface area (Å²) in [5.41, 5.74) is 5.44. The highest BCUT2D eigenvalue weighted by Gasteiger charge is 2.51. The molecular formula is C13H19N3O2. The predicted molar refractivity (Wildman–Crippen MR) is 64.2 cm³/mol. The van der Waals surface area contributed by atoms with Gasteiger partial charge in [0.2, 0.25) is 5.82 Å². The molecule has 1 aromatic rings. The van der Waals surface area contributed by atoms with Crippen molar-refractivity contribution in [2.45, 2.75) is 38.2 Å². The third-order valence-electron chi connectivity index (χ3n) is 5.39. The Kier molecular flexibility index (Phi) is 2.22. The zero-order chi connectivity index (χ0) is 12.3. The lowest BCUT2D eigenvalue weighted by Gasteiger charge is -2.55. The molecule has 18 heavy (non-hydrogen) atoms. The van der Waals surface area contributed by atoms with Crippen molar-refractivity contribution in [2.75, 3.05) is 5.73 Å². The number of hydrogen-bond donors (Lipinski definition) is 2. The molecule has 4 saturated carbocycles. The Hall–Kier alpha value is -1.10. The van der Waals surface area contributed by atoms with Gasteiger partial charge in [0.1, 0.15) is 6.10 Å². The fourth-order valence-electron chi connectivity index (χ4n) is 5.02. The van der Waals surface area contributed by atoms with Gasteiger partial charge in [-0.2, -0.15) is 4.98 Å². The Morgan fingerprint density at radius 2 is 1.72 bits per heavy atom. The smallest absolute Gasteiger partial charge is 0.318 e. The summed E-state index contributed by atoms with van der Waals surface area (Å²) in [6.45, 7) is 0. The van der Waals surface area contributed by atoms with E-state index in [1.54, 1.807) is 0 Å². The first-order valence-corrected chi connectivity index (χ1v) is 6.98. The number of hydrogen-bond acceptors (Lipinski definition) is 5. The van der Waals surface area contributed by atoms with Crippen LogP contribution >= 0.6 is 0 Å². The number of aromatic nitrogens is 2. The molecule has 1 atom stereocenters. The van der Waals surface area contributed by atoms with Crippen molar-refractivity contribution in [2.24, 2.45) is 29.6 Å². The summed E-state index contributed by atoms with van der Waals surface area (Å²) >= 11 is 0. The van der Waals surface area contributed by atoms with Crippen molar-refractivity contribution in [1.29, 1.82) is 0 Å². The van der Waals surface area contributed by atoms with Gasteiger partial charge in [0.15, 0.2) is 0 Å². The molecule has 0 saturated heterocycles. The monoisotopic (exact) mass is 249 g/mol. The first kappa shape index (κ1) is 10.8. The molecule has 1 aromatic heterocycles. The number of rotatable bonds is 2. The molecule has 1 unspecified atom stereocenters. The molecule has 4 fully saturated rings. The predicted octanol–water partition coefficient (Wildman–Crippen LogP) is 1.76. The number of nitrogen functional groups attached to an aromatic ring is 1. The second kappa shape index (κ2) is 3.70. The molecular weight excluding hydrogens is 230 g/mol. The van der Waals surface area contributed by atoms with Crippen LogP contribution in [-0.4, -0.2) is 15.2 Å². The Labute approximate surface area is 106 Å². The third-order valence-corrected chi connectivity index (χ3v) is 5.39. The highest BCUT2D eigenvalue weighted by Crippen LogP contribution is 2.59. The molecule has 1 heterocycles. The minimum absolute atomic E-state index is 0.0490. The van der Waals surface area contributed by atoms with Crippen LogP contribution < -0.4 is 5.73 Å². The van der Waals surface area contributed by atoms with Crippen LogP contribution in [-0.2, 0) is 0 Å². The maximum atomic E-state index is 10.5. The normalized spacial score (nSPS) is 43.3. The molecule has 0 spiro atoms. The van der Waals surface area contributed by atoms with Crippen LogP contribution in [0.2, 0.25) is 0 Å². The second-order valence-corrected chi connectivity index (χ2v) is 6.44. The van der Waals surface area contributed by atoms with E-state index in [1.807, 2.05) is 0 Å². The average molecular weight is 249 g/mol. The Bertz CT molecular complexity index is 431. The van der Waals surface area contributed by atoms with E-state index in [0.717, 1.165) is 11.8 Å². The SMILES string of the molecule is Nc1nc(C(O)C2C3CC4CC(C3)CC2C4)no1. The lowest BCUT2D eigenvalue weighted by atomic mass is 9.51. The van der Waals surface area contributed by atoms with E-state index in [4.69, 9.17) is 10.3 Å². The molecule has 0 radical (unpaired) electrons. The maximum Gasteiger partial charge on any atom is 0.318 e. The molecule has 5 nitrogen and oxygen atoms in total. The van der Waals surface area contributed by atoms with Gasteiger partial charge in [-0.05, 0) is 61.7 Å². The van der Waals surface area contributed by atoms with Gasteiger partial charge in [-0.25, -0.2) is 0 Å². The average Bonchev–Trinajstić information content (AvgIpc) is 2.74. The summed E-state index contributed by atoms with van der Waals surface area (Å²) in [5, 5.41) is 14.3. The van der Waals surface area contributed by atoms with Crippen molar-refractivity contribution in [3.8, 4) is 0 Å². The number of aliphatic hydroxyl groups is 1. The fraction of sp³-hybridized carbons (Fsp3) is 0.846. The van der Waals surface area contributed by atoms with Crippen molar-refractivity contribution >= 4 is 6.01 Å². The second-order valence-electron chi connectivity index (χ2n) is 6.44. The van der Waals surface area contributed by atoms with Crippen LogP contribution in [0.3, 0.4) is 0 Å². The molecule has 0 amide bonds. The zero-order valence-electron chi connectivity index (χ0n) is 10.3. The van der Waals surface area contributed by atoms with E-state index in [-0.39, 0.29) is 6.01 Å². The van der Waals surface area contributed by atoms with Gasteiger partial charge in [-0.15, -0.1) is 0 Å². The Balaban J connectivity index is 1.61. The third kappa shape index (κ3) is 1.49. The fourth-order valence-corrected chi connectivity index (χ4v) is 5.02. The Morgan fingerprint density at radius 1 is 1.11 bits per heavy atom. The molecule has 0 aromatic carbocycles. The van der Waals surface area contributed by atoms with Gasteiger partial charge in [0.05, 0.1) is 0 Å². The van der Waals surface area contributed by atoms with E-state index in [9.17, 15) is 5.11 Å². The van der Waals surface area contributed by atoms with Gasteiger partial charge in [-0.3, -0.25) is 0 Å². The molecule has 98 valence electrons. The molecule has 4 bridgehead atoms. The molecule has 4 aliphatic rings. The van der Waals surface area contributed by atoms with Crippen LogP contribution in [0.4, 0.5) is 6.01 Å². The number of anilines is 1. The minimum atomic E-state index is -0.596. The first-order chi connectivity index (χ1) is 8.70. The topological polar surface area (TPSA) is 85.2 Å². The van der Waals surface area contributed by atoms with Gasteiger partial charge < -0.3 is 15.4 Å². The summed E-state index contributed by atoms with van der Waals surface area (Å²) in [4.78, 5) is 3.99. The number of nitrogens with zero attached hydrogens (tertiary/aromatic N) is 2. The molecule has 5 heteroatoms. The van der Waals surface area contributed by atoms with Crippen LogP contribution in [0, 0.1) is 29.6 Å². The summed E-state index contributed by atoms with van der Waals surface area (Å²) in [7, 11) is 0. The van der Waals surface area contributed by atoms with E-state index < -0.39 is 6.10 Å². The lowest BCUT2D eigenvalue weighted by molar-refractivity contribution is -0.0935. The van der Waals surface area contributed by atoms with Crippen molar-refractivity contribution < 1.29 is 9.63 Å². The molecule has 0 aliphatic heterocycles. The van der Waals surface area contributed by atoms with Crippen molar-refractivity contribution in [1.82, 2.24) is 10.1 Å². The van der Waals surface area contributed by atoms with E-state index in [1.165, 1.54) is 32.1 Å². The standard InChI is InChI=1S/C13H19N3O2/c14-13-15-12(16-18-13)11(17)10-8-2-6-1-7(4-8)5-9(10)3-6/h6-11,17H,1-5H2,(H2,14,15,16). The van der Waals surface area contributed by atoms with Crippen molar-refractivity contribution in [3.63, 3.8) is 0 Å². The zero-order valence-corrected chi connectivity index (χ0v) is 10.3. The van der Waals surface area contributed by atoms with Gasteiger partial charge in [0, 0.05) is 0 Å². The van der Waals surface area contributed by atoms with E-state index in [2.05, 4.69) is 10.1 Å². The Morgan fingerprint density at radius 3 is 2.22 bits per heavy atom. The number of nitrogens with two attached hydrogens (primary N) is 1. The molecule has 5 rings (SSSR count). The highest BCUT2D eigenvalue weighted by molar-refractivity contribution is 5.11. The van der Waals surface area contributed by atoms with Crippen molar-refractivity contribution in [3.05, 3.63) is 5.82 Å². The minimum Gasteiger partial charge on any atom is -0.385 e. The van der Waals surface area contributed by atoms with Crippen LogP contribution in [0.15, 0.2) is 4.52 Å². The van der Waals surface area contributed by atoms with Gasteiger partial charge >= 0.3 is 6.01 Å². The summed E-state index contributed by atoms with van der Waals surface area (Å²) in [6.07, 6.45) is 5.94. The summed E-state index contributed by atoms with van der Waals surface area (Å²) in [6, 6.07) is 0.0490. The summed E-state index contributed by atoms with van der Waals surface area (Å²) in [5.74, 6) is 3.81. The van der Waals surface area contributed by atoms with Crippen LogP contribution in [0.1, 0.15) is 44.0 Å². The maximum absolute atomic E-state index is 10.5. The van der Waals surface area contributed by atoms with E-state index in [0.29, 0.717) is 23.6 Å². The van der Waals surface area contributed by atoms with Gasteiger partial charge in [0.25, 0.3) is 0 Å². The van der Waals surface area contributed by atoms with Gasteiger partial charge in [-0.1, -0.05) is 5.16 Å². The largest absolute Gasteiger partial charge is 0.385 e. The highest BCUT2D eigenvalue weighted by atomic mass is 16.5. The van der Waals surface area contributed by atoms with Crippen LogP contribution in [0.5, 0.6) is 0 Å². The lowest BCUT2D eigenvalue weighted by Crippen LogP contribution is -2.47. The summed E-state index contributed by atoms with van der Waals surface area (Å²) < 4.78 is 4.79. The molecule has 4 aliphatic carbocycles. The molecule has 3 N–H and O–H groups in total.